The quantitative estimate of drug-likeness (QED) is 0.871. The molecule has 0 aromatic heterocycles. The summed E-state index contributed by atoms with van der Waals surface area (Å²) in [5, 5.41) is 12.3. The fourth-order valence-electron chi connectivity index (χ4n) is 3.68. The zero-order valence-electron chi connectivity index (χ0n) is 10.6. The summed E-state index contributed by atoms with van der Waals surface area (Å²) in [4.78, 5) is 23.5. The van der Waals surface area contributed by atoms with Gasteiger partial charge >= 0.3 is 5.97 Å². The SMILES string of the molecule is O=C(N[C@H]1[C@H]2CC[C@H](C2)[C@H]1C(=O)O)c1ccccc1. The highest BCUT2D eigenvalue weighted by Gasteiger charge is 2.51. The fourth-order valence-corrected chi connectivity index (χ4v) is 3.68. The molecule has 2 aliphatic rings. The number of nitrogens with one attached hydrogen (secondary N) is 1. The lowest BCUT2D eigenvalue weighted by molar-refractivity contribution is -0.144. The van der Waals surface area contributed by atoms with Gasteiger partial charge in [0.15, 0.2) is 0 Å². The molecule has 4 atom stereocenters. The summed E-state index contributed by atoms with van der Waals surface area (Å²) in [5.41, 5.74) is 0.592. The zero-order chi connectivity index (χ0) is 13.4. The van der Waals surface area contributed by atoms with E-state index in [0.29, 0.717) is 11.5 Å². The third-order valence-electron chi connectivity index (χ3n) is 4.54. The Balaban J connectivity index is 1.76. The van der Waals surface area contributed by atoms with Crippen LogP contribution in [0, 0.1) is 17.8 Å². The number of carbonyl (C=O) groups is 2. The molecule has 2 saturated carbocycles. The highest BCUT2D eigenvalue weighted by Crippen LogP contribution is 2.48. The molecule has 0 radical (unpaired) electrons. The number of aliphatic carboxylic acids is 1. The minimum Gasteiger partial charge on any atom is -0.481 e. The summed E-state index contributed by atoms with van der Waals surface area (Å²) in [6.07, 6.45) is 2.96. The summed E-state index contributed by atoms with van der Waals surface area (Å²) in [5.74, 6) is -0.774. The first-order valence-corrected chi connectivity index (χ1v) is 6.75. The molecule has 2 aliphatic carbocycles. The number of fused-ring (bicyclic) bond motifs is 2. The molecule has 0 unspecified atom stereocenters. The Bertz CT molecular complexity index is 499. The molecule has 0 saturated heterocycles. The monoisotopic (exact) mass is 259 g/mol. The minimum absolute atomic E-state index is 0.163. The van der Waals surface area contributed by atoms with Crippen molar-refractivity contribution < 1.29 is 14.7 Å². The van der Waals surface area contributed by atoms with Crippen LogP contribution in [0.15, 0.2) is 30.3 Å². The van der Waals surface area contributed by atoms with Gasteiger partial charge in [-0.2, -0.15) is 0 Å². The number of carbonyl (C=O) groups excluding carboxylic acids is 1. The second-order valence-electron chi connectivity index (χ2n) is 5.56. The lowest BCUT2D eigenvalue weighted by Gasteiger charge is -2.28. The molecule has 1 amide bonds. The van der Waals surface area contributed by atoms with E-state index in [1.807, 2.05) is 18.2 Å². The van der Waals surface area contributed by atoms with Gasteiger partial charge in [-0.05, 0) is 43.2 Å². The Hall–Kier alpha value is -1.84. The van der Waals surface area contributed by atoms with Crippen LogP contribution in [0.25, 0.3) is 0 Å². The van der Waals surface area contributed by atoms with Crippen molar-refractivity contribution >= 4 is 11.9 Å². The van der Waals surface area contributed by atoms with Crippen LogP contribution in [0.5, 0.6) is 0 Å². The van der Waals surface area contributed by atoms with E-state index in [-0.39, 0.29) is 17.9 Å². The molecule has 2 N–H and O–H groups in total. The second kappa shape index (κ2) is 4.68. The van der Waals surface area contributed by atoms with Crippen molar-refractivity contribution in [2.45, 2.75) is 25.3 Å². The van der Waals surface area contributed by atoms with Crippen molar-refractivity contribution in [3.63, 3.8) is 0 Å². The molecule has 0 aliphatic heterocycles. The standard InChI is InChI=1S/C15H17NO3/c17-14(9-4-2-1-3-5-9)16-13-11-7-6-10(8-11)12(13)15(18)19/h1-5,10-13H,6-8H2,(H,16,17)(H,18,19)/t10-,11+,12-,13+/m1/s1. The minimum atomic E-state index is -0.773. The molecular formula is C15H17NO3. The van der Waals surface area contributed by atoms with Gasteiger partial charge in [-0.3, -0.25) is 9.59 Å². The van der Waals surface area contributed by atoms with E-state index >= 15 is 0 Å². The second-order valence-corrected chi connectivity index (χ2v) is 5.56. The smallest absolute Gasteiger partial charge is 0.308 e. The zero-order valence-corrected chi connectivity index (χ0v) is 10.6. The molecule has 0 spiro atoms. The van der Waals surface area contributed by atoms with Crippen LogP contribution in [0.4, 0.5) is 0 Å². The topological polar surface area (TPSA) is 66.4 Å². The van der Waals surface area contributed by atoms with Gasteiger partial charge in [0.2, 0.25) is 0 Å². The van der Waals surface area contributed by atoms with Gasteiger partial charge in [-0.1, -0.05) is 18.2 Å². The maximum absolute atomic E-state index is 12.1. The van der Waals surface area contributed by atoms with Gasteiger partial charge in [0.1, 0.15) is 0 Å². The van der Waals surface area contributed by atoms with Gasteiger partial charge in [0, 0.05) is 11.6 Å². The summed E-state index contributed by atoms with van der Waals surface area (Å²) in [6, 6.07) is 8.77. The summed E-state index contributed by atoms with van der Waals surface area (Å²) in [6.45, 7) is 0. The van der Waals surface area contributed by atoms with E-state index in [9.17, 15) is 14.7 Å². The molecule has 2 bridgehead atoms. The predicted octanol–water partition coefficient (Wildman–Crippen LogP) is 1.92. The van der Waals surface area contributed by atoms with Gasteiger partial charge in [-0.25, -0.2) is 0 Å². The molecule has 100 valence electrons. The van der Waals surface area contributed by atoms with Gasteiger partial charge in [0.05, 0.1) is 5.92 Å². The largest absolute Gasteiger partial charge is 0.481 e. The number of hydrogen-bond acceptors (Lipinski definition) is 2. The number of amides is 1. The van der Waals surface area contributed by atoms with Crippen LogP contribution in [-0.2, 0) is 4.79 Å². The Kier molecular flexibility index (Phi) is 3.01. The number of benzene rings is 1. The molecule has 2 fully saturated rings. The first-order valence-electron chi connectivity index (χ1n) is 6.75. The van der Waals surface area contributed by atoms with Crippen LogP contribution < -0.4 is 5.32 Å². The predicted molar refractivity (Wildman–Crippen MR) is 69.7 cm³/mol. The van der Waals surface area contributed by atoms with Crippen molar-refractivity contribution in [3.05, 3.63) is 35.9 Å². The van der Waals surface area contributed by atoms with Gasteiger partial charge < -0.3 is 10.4 Å². The van der Waals surface area contributed by atoms with Crippen molar-refractivity contribution in [1.82, 2.24) is 5.32 Å². The van der Waals surface area contributed by atoms with E-state index in [2.05, 4.69) is 5.32 Å². The van der Waals surface area contributed by atoms with E-state index in [1.54, 1.807) is 12.1 Å². The molecule has 4 heteroatoms. The van der Waals surface area contributed by atoms with E-state index < -0.39 is 11.9 Å². The maximum atomic E-state index is 12.1. The number of carboxylic acids is 1. The van der Waals surface area contributed by atoms with E-state index in [1.165, 1.54) is 0 Å². The molecule has 1 aromatic rings. The van der Waals surface area contributed by atoms with Crippen LogP contribution in [0.1, 0.15) is 29.6 Å². The first kappa shape index (κ1) is 12.2. The highest BCUT2D eigenvalue weighted by atomic mass is 16.4. The first-order chi connectivity index (χ1) is 9.16. The molecule has 4 nitrogen and oxygen atoms in total. The Morgan fingerprint density at radius 2 is 1.79 bits per heavy atom. The molecular weight excluding hydrogens is 242 g/mol. The average Bonchev–Trinajstić information content (AvgIpc) is 3.00. The van der Waals surface area contributed by atoms with Crippen LogP contribution in [0.3, 0.4) is 0 Å². The Labute approximate surface area is 111 Å². The third-order valence-corrected chi connectivity index (χ3v) is 4.54. The normalized spacial score (nSPS) is 32.2. The molecule has 1 aromatic carbocycles. The lowest BCUT2D eigenvalue weighted by Crippen LogP contribution is -2.46. The Morgan fingerprint density at radius 1 is 1.11 bits per heavy atom. The van der Waals surface area contributed by atoms with Crippen LogP contribution in [-0.4, -0.2) is 23.0 Å². The summed E-state index contributed by atoms with van der Waals surface area (Å²) in [7, 11) is 0. The lowest BCUT2D eigenvalue weighted by atomic mass is 9.84. The number of rotatable bonds is 3. The highest BCUT2D eigenvalue weighted by molar-refractivity contribution is 5.94. The summed E-state index contributed by atoms with van der Waals surface area (Å²) < 4.78 is 0. The molecule has 0 heterocycles. The number of carboxylic acid groups (broad SMARTS) is 1. The van der Waals surface area contributed by atoms with Crippen LogP contribution >= 0.6 is 0 Å². The average molecular weight is 259 g/mol. The van der Waals surface area contributed by atoms with Crippen molar-refractivity contribution in [1.29, 1.82) is 0 Å². The van der Waals surface area contributed by atoms with Crippen molar-refractivity contribution in [2.75, 3.05) is 0 Å². The number of hydrogen-bond donors (Lipinski definition) is 2. The van der Waals surface area contributed by atoms with E-state index in [4.69, 9.17) is 0 Å². The van der Waals surface area contributed by atoms with Crippen molar-refractivity contribution in [2.24, 2.45) is 17.8 Å². The van der Waals surface area contributed by atoms with Crippen LogP contribution in [0.2, 0.25) is 0 Å². The van der Waals surface area contributed by atoms with Gasteiger partial charge in [-0.15, -0.1) is 0 Å². The molecule has 3 rings (SSSR count). The fraction of sp³-hybridized carbons (Fsp3) is 0.467. The maximum Gasteiger partial charge on any atom is 0.308 e. The third kappa shape index (κ3) is 2.11. The summed E-state index contributed by atoms with van der Waals surface area (Å²) >= 11 is 0. The molecule has 19 heavy (non-hydrogen) atoms. The van der Waals surface area contributed by atoms with E-state index in [0.717, 1.165) is 19.3 Å². The Morgan fingerprint density at radius 3 is 2.47 bits per heavy atom. The van der Waals surface area contributed by atoms with Gasteiger partial charge in [0.25, 0.3) is 5.91 Å². The van der Waals surface area contributed by atoms with Crippen molar-refractivity contribution in [3.8, 4) is 0 Å².